The van der Waals surface area contributed by atoms with Gasteiger partial charge < -0.3 is 15.4 Å². The van der Waals surface area contributed by atoms with Gasteiger partial charge in [0.25, 0.3) is 5.91 Å². The van der Waals surface area contributed by atoms with E-state index in [1.165, 1.54) is 32.1 Å². The third-order valence-electron chi connectivity index (χ3n) is 6.12. The van der Waals surface area contributed by atoms with Gasteiger partial charge in [-0.2, -0.15) is 0 Å². The molecule has 0 saturated heterocycles. The monoisotopic (exact) mass is 366 g/mol. The van der Waals surface area contributed by atoms with Gasteiger partial charge in [0.2, 0.25) is 0 Å². The van der Waals surface area contributed by atoms with Crippen LogP contribution in [-0.2, 0) is 11.3 Å². The van der Waals surface area contributed by atoms with E-state index in [0.717, 1.165) is 24.2 Å². The summed E-state index contributed by atoms with van der Waals surface area (Å²) in [5.74, 6) is 0.114. The largest absolute Gasteiger partial charge is 0.378 e. The third-order valence-corrected chi connectivity index (χ3v) is 6.12. The molecule has 0 aliphatic heterocycles. The molecule has 2 N–H and O–H groups in total. The van der Waals surface area contributed by atoms with Crippen LogP contribution in [0.4, 0.5) is 0 Å². The normalized spacial score (nSPS) is 24.3. The molecule has 4 nitrogen and oxygen atoms in total. The van der Waals surface area contributed by atoms with Gasteiger partial charge in [-0.15, -0.1) is 12.4 Å². The number of hydrogen-bond acceptors (Lipinski definition) is 3. The lowest BCUT2D eigenvalue weighted by Crippen LogP contribution is -2.65. The maximum absolute atomic E-state index is 12.9. The number of rotatable bonds is 5. The molecule has 0 bridgehead atoms. The van der Waals surface area contributed by atoms with Crippen molar-refractivity contribution in [2.24, 2.45) is 11.1 Å². The van der Waals surface area contributed by atoms with Crippen LogP contribution in [0.5, 0.6) is 0 Å². The molecule has 1 spiro atoms. The first-order valence-electron chi connectivity index (χ1n) is 9.30. The highest BCUT2D eigenvalue weighted by Crippen LogP contribution is 2.55. The molecule has 2 saturated carbocycles. The highest BCUT2D eigenvalue weighted by Gasteiger charge is 2.57. The quantitative estimate of drug-likeness (QED) is 0.863. The van der Waals surface area contributed by atoms with Gasteiger partial charge in [-0.1, -0.05) is 31.4 Å². The molecular formula is C20H31ClN2O2. The lowest BCUT2D eigenvalue weighted by molar-refractivity contribution is -0.170. The Bertz CT molecular complexity index is 570. The van der Waals surface area contributed by atoms with Crippen molar-refractivity contribution >= 4 is 18.3 Å². The average molecular weight is 367 g/mol. The second-order valence-corrected chi connectivity index (χ2v) is 7.31. The summed E-state index contributed by atoms with van der Waals surface area (Å²) >= 11 is 0. The van der Waals surface area contributed by atoms with Crippen molar-refractivity contribution in [2.75, 3.05) is 13.7 Å². The Kier molecular flexibility index (Phi) is 6.89. The van der Waals surface area contributed by atoms with E-state index in [1.54, 1.807) is 0 Å². The van der Waals surface area contributed by atoms with E-state index in [4.69, 9.17) is 10.5 Å². The summed E-state index contributed by atoms with van der Waals surface area (Å²) in [5.41, 5.74) is 7.62. The Balaban J connectivity index is 0.00000225. The summed E-state index contributed by atoms with van der Waals surface area (Å²) in [6, 6.07) is 7.99. The number of hydrogen-bond donors (Lipinski definition) is 1. The molecule has 0 aromatic heterocycles. The summed E-state index contributed by atoms with van der Waals surface area (Å²) < 4.78 is 6.02. The van der Waals surface area contributed by atoms with Crippen LogP contribution in [0.3, 0.4) is 0 Å². The first kappa shape index (κ1) is 20.2. The Hall–Kier alpha value is -1.10. The maximum atomic E-state index is 12.9. The van der Waals surface area contributed by atoms with Crippen LogP contribution >= 0.6 is 12.4 Å². The van der Waals surface area contributed by atoms with E-state index in [-0.39, 0.29) is 23.7 Å². The SMILES string of the molecule is CCOC1CC(N(C)C(=O)c2ccc(CN)cc2)C12CCCCC2.Cl. The molecule has 0 heterocycles. The number of ether oxygens (including phenoxy) is 1. The van der Waals surface area contributed by atoms with Crippen molar-refractivity contribution in [3.8, 4) is 0 Å². The molecule has 2 aliphatic carbocycles. The number of amides is 1. The maximum Gasteiger partial charge on any atom is 0.253 e. The zero-order valence-corrected chi connectivity index (χ0v) is 16.2. The lowest BCUT2D eigenvalue weighted by Gasteiger charge is -2.60. The number of benzene rings is 1. The average Bonchev–Trinajstić information content (AvgIpc) is 2.64. The van der Waals surface area contributed by atoms with Crippen molar-refractivity contribution in [3.05, 3.63) is 35.4 Å². The molecule has 2 atom stereocenters. The molecule has 140 valence electrons. The summed E-state index contributed by atoms with van der Waals surface area (Å²) in [4.78, 5) is 14.9. The third kappa shape index (κ3) is 3.71. The lowest BCUT2D eigenvalue weighted by atomic mass is 9.54. The minimum Gasteiger partial charge on any atom is -0.378 e. The molecule has 0 radical (unpaired) electrons. The van der Waals surface area contributed by atoms with Gasteiger partial charge in [0.1, 0.15) is 0 Å². The molecule has 2 aliphatic rings. The van der Waals surface area contributed by atoms with Crippen LogP contribution in [0.25, 0.3) is 0 Å². The predicted octanol–water partition coefficient (Wildman–Crippen LogP) is 3.77. The standard InChI is InChI=1S/C20H30N2O2.ClH/c1-3-24-18-13-17(20(18)11-5-4-6-12-20)22(2)19(23)16-9-7-15(14-21)8-10-16;/h7-10,17-18H,3-6,11-14,21H2,1-2H3;1H. The second kappa shape index (κ2) is 8.52. The highest BCUT2D eigenvalue weighted by atomic mass is 35.5. The van der Waals surface area contributed by atoms with Gasteiger partial charge in [0.05, 0.1) is 6.10 Å². The van der Waals surface area contributed by atoms with E-state index in [0.29, 0.717) is 18.7 Å². The Morgan fingerprint density at radius 3 is 2.44 bits per heavy atom. The van der Waals surface area contributed by atoms with E-state index < -0.39 is 0 Å². The van der Waals surface area contributed by atoms with E-state index in [1.807, 2.05) is 36.2 Å². The van der Waals surface area contributed by atoms with Crippen LogP contribution < -0.4 is 5.73 Å². The zero-order valence-electron chi connectivity index (χ0n) is 15.4. The second-order valence-electron chi connectivity index (χ2n) is 7.31. The van der Waals surface area contributed by atoms with Gasteiger partial charge in [-0.25, -0.2) is 0 Å². The molecule has 2 fully saturated rings. The van der Waals surface area contributed by atoms with Crippen molar-refractivity contribution in [2.45, 2.75) is 64.1 Å². The van der Waals surface area contributed by atoms with Gasteiger partial charge in [-0.3, -0.25) is 4.79 Å². The highest BCUT2D eigenvalue weighted by molar-refractivity contribution is 5.94. The summed E-state index contributed by atoms with van der Waals surface area (Å²) in [5, 5.41) is 0. The summed E-state index contributed by atoms with van der Waals surface area (Å²) in [7, 11) is 1.96. The molecule has 25 heavy (non-hydrogen) atoms. The number of nitrogens with two attached hydrogens (primary N) is 1. The Labute approximate surface area is 157 Å². The minimum absolute atomic E-state index is 0. The number of halogens is 1. The fourth-order valence-electron chi connectivity index (χ4n) is 4.70. The van der Waals surface area contributed by atoms with Crippen LogP contribution in [0, 0.1) is 5.41 Å². The van der Waals surface area contributed by atoms with Crippen LogP contribution in [0.2, 0.25) is 0 Å². The number of carbonyl (C=O) groups is 1. The summed E-state index contributed by atoms with van der Waals surface area (Å²) in [6.07, 6.45) is 7.49. The fraction of sp³-hybridized carbons (Fsp3) is 0.650. The topological polar surface area (TPSA) is 55.6 Å². The molecule has 1 amide bonds. The zero-order chi connectivity index (χ0) is 17.2. The van der Waals surface area contributed by atoms with E-state index in [9.17, 15) is 4.79 Å². The van der Waals surface area contributed by atoms with Crippen molar-refractivity contribution in [3.63, 3.8) is 0 Å². The number of nitrogens with zero attached hydrogens (tertiary/aromatic N) is 1. The molecule has 3 rings (SSSR count). The first-order valence-corrected chi connectivity index (χ1v) is 9.30. The van der Waals surface area contributed by atoms with Gasteiger partial charge >= 0.3 is 0 Å². The number of carbonyl (C=O) groups excluding carboxylic acids is 1. The Morgan fingerprint density at radius 1 is 1.24 bits per heavy atom. The van der Waals surface area contributed by atoms with Crippen LogP contribution in [-0.4, -0.2) is 36.6 Å². The Morgan fingerprint density at radius 2 is 1.88 bits per heavy atom. The van der Waals surface area contributed by atoms with Crippen LogP contribution in [0.15, 0.2) is 24.3 Å². The molecule has 2 unspecified atom stereocenters. The van der Waals surface area contributed by atoms with E-state index in [2.05, 4.69) is 6.92 Å². The van der Waals surface area contributed by atoms with Gasteiger partial charge in [0, 0.05) is 37.2 Å². The van der Waals surface area contributed by atoms with Crippen LogP contribution in [0.1, 0.15) is 61.4 Å². The van der Waals surface area contributed by atoms with Crippen molar-refractivity contribution in [1.82, 2.24) is 4.90 Å². The summed E-state index contributed by atoms with van der Waals surface area (Å²) in [6.45, 7) is 3.33. The molecule has 1 aromatic rings. The molecule has 5 heteroatoms. The smallest absolute Gasteiger partial charge is 0.253 e. The fourth-order valence-corrected chi connectivity index (χ4v) is 4.70. The molecular weight excluding hydrogens is 336 g/mol. The van der Waals surface area contributed by atoms with Crippen molar-refractivity contribution in [1.29, 1.82) is 0 Å². The van der Waals surface area contributed by atoms with Crippen molar-refractivity contribution < 1.29 is 9.53 Å². The minimum atomic E-state index is 0. The molecule has 1 aromatic carbocycles. The van der Waals surface area contributed by atoms with Gasteiger partial charge in [0.15, 0.2) is 0 Å². The van der Waals surface area contributed by atoms with E-state index >= 15 is 0 Å². The predicted molar refractivity (Wildman–Crippen MR) is 103 cm³/mol. The van der Waals surface area contributed by atoms with Gasteiger partial charge in [-0.05, 0) is 43.9 Å². The first-order chi connectivity index (χ1) is 11.6.